The number of likely N-dealkylation sites (tertiary alicyclic amines) is 1. The van der Waals surface area contributed by atoms with E-state index >= 15 is 0 Å². The first kappa shape index (κ1) is 22.8. The van der Waals surface area contributed by atoms with Gasteiger partial charge in [0, 0.05) is 56.9 Å². The summed E-state index contributed by atoms with van der Waals surface area (Å²) in [4.78, 5) is 7.39. The Bertz CT molecular complexity index is 347. The molecule has 4 unspecified atom stereocenters. The van der Waals surface area contributed by atoms with Crippen molar-refractivity contribution in [3.8, 4) is 0 Å². The van der Waals surface area contributed by atoms with Crippen molar-refractivity contribution < 1.29 is 5.11 Å². The maximum atomic E-state index is 9.52. The number of fused-ring (bicyclic) bond motifs is 2. The van der Waals surface area contributed by atoms with Gasteiger partial charge in [0.25, 0.3) is 0 Å². The summed E-state index contributed by atoms with van der Waals surface area (Å²) in [7, 11) is 2.21. The third kappa shape index (κ3) is 6.17. The standard InChI is InChI=1S/C10H20N2O.C6H12N2.2C2H6/c1-8(2)11-3-4-12-7-10(13)5-9(12)6-11;1-8-3-2-5-6(8)4-7-5;2*1-2/h8-10,13H,3-7H2,1-2H3;5-7H,2-4H2,1H3;2*1-2H3. The second kappa shape index (κ2) is 11.5. The molecule has 2 N–H and O–H groups in total. The second-order valence-corrected chi connectivity index (χ2v) is 7.48. The highest BCUT2D eigenvalue weighted by Crippen LogP contribution is 2.23. The molecular formula is C20H44N4O. The summed E-state index contributed by atoms with van der Waals surface area (Å²) in [6, 6.07) is 3.00. The fourth-order valence-corrected chi connectivity index (χ4v) is 4.17. The quantitative estimate of drug-likeness (QED) is 0.751. The molecule has 5 heteroatoms. The van der Waals surface area contributed by atoms with Crippen molar-refractivity contribution in [3.63, 3.8) is 0 Å². The number of hydrogen-bond acceptors (Lipinski definition) is 5. The lowest BCUT2D eigenvalue weighted by Gasteiger charge is -2.39. The minimum absolute atomic E-state index is 0.0721. The SMILES string of the molecule is CC.CC.CC(C)N1CCN2CC(O)CC2C1.CN1CCC2NCC21. The Morgan fingerprint density at radius 1 is 1.00 bits per heavy atom. The van der Waals surface area contributed by atoms with Crippen LogP contribution in [0.1, 0.15) is 54.4 Å². The number of nitrogens with zero attached hydrogens (tertiary/aromatic N) is 3. The van der Waals surface area contributed by atoms with Crippen LogP contribution in [0.3, 0.4) is 0 Å². The molecule has 0 aromatic rings. The van der Waals surface area contributed by atoms with Crippen molar-refractivity contribution in [1.82, 2.24) is 20.0 Å². The van der Waals surface area contributed by atoms with Crippen LogP contribution in [0.5, 0.6) is 0 Å². The molecule has 0 bridgehead atoms. The monoisotopic (exact) mass is 356 g/mol. The van der Waals surface area contributed by atoms with Crippen molar-refractivity contribution in [1.29, 1.82) is 0 Å². The molecule has 4 fully saturated rings. The number of likely N-dealkylation sites (N-methyl/N-ethyl adjacent to an activating group) is 1. The zero-order valence-electron chi connectivity index (χ0n) is 17.8. The van der Waals surface area contributed by atoms with E-state index in [4.69, 9.17) is 0 Å². The van der Waals surface area contributed by atoms with Gasteiger partial charge < -0.3 is 15.3 Å². The molecule has 0 amide bonds. The number of aliphatic hydroxyl groups excluding tert-OH is 1. The molecule has 150 valence electrons. The summed E-state index contributed by atoms with van der Waals surface area (Å²) >= 11 is 0. The van der Waals surface area contributed by atoms with Gasteiger partial charge in [-0.15, -0.1) is 0 Å². The smallest absolute Gasteiger partial charge is 0.0682 e. The Labute approximate surface area is 156 Å². The van der Waals surface area contributed by atoms with Crippen LogP contribution in [-0.4, -0.2) is 96.4 Å². The molecule has 0 aromatic carbocycles. The molecule has 4 aliphatic heterocycles. The number of rotatable bonds is 1. The molecule has 0 radical (unpaired) electrons. The van der Waals surface area contributed by atoms with E-state index in [0.717, 1.165) is 38.1 Å². The van der Waals surface area contributed by atoms with Crippen molar-refractivity contribution in [2.45, 2.75) is 84.7 Å². The minimum Gasteiger partial charge on any atom is -0.392 e. The van der Waals surface area contributed by atoms with Gasteiger partial charge in [0.15, 0.2) is 0 Å². The molecule has 25 heavy (non-hydrogen) atoms. The first-order valence-electron chi connectivity index (χ1n) is 10.6. The Morgan fingerprint density at radius 3 is 2.12 bits per heavy atom. The maximum Gasteiger partial charge on any atom is 0.0682 e. The van der Waals surface area contributed by atoms with E-state index in [-0.39, 0.29) is 6.10 Å². The predicted molar refractivity (Wildman–Crippen MR) is 108 cm³/mol. The molecule has 0 saturated carbocycles. The molecule has 0 aliphatic carbocycles. The highest BCUT2D eigenvalue weighted by atomic mass is 16.3. The zero-order chi connectivity index (χ0) is 19.0. The van der Waals surface area contributed by atoms with Crippen molar-refractivity contribution in [3.05, 3.63) is 0 Å². The van der Waals surface area contributed by atoms with Gasteiger partial charge in [-0.2, -0.15) is 0 Å². The van der Waals surface area contributed by atoms with Crippen LogP contribution in [0.2, 0.25) is 0 Å². The van der Waals surface area contributed by atoms with Crippen LogP contribution in [0.4, 0.5) is 0 Å². The third-order valence-electron chi connectivity index (χ3n) is 5.77. The van der Waals surface area contributed by atoms with E-state index in [1.54, 1.807) is 0 Å². The van der Waals surface area contributed by atoms with Crippen molar-refractivity contribution in [2.75, 3.05) is 46.3 Å². The van der Waals surface area contributed by atoms with Crippen LogP contribution in [0.25, 0.3) is 0 Å². The van der Waals surface area contributed by atoms with E-state index in [1.165, 1.54) is 26.1 Å². The molecule has 0 aromatic heterocycles. The molecule has 0 spiro atoms. The lowest BCUT2D eigenvalue weighted by Crippen LogP contribution is -2.58. The highest BCUT2D eigenvalue weighted by molar-refractivity contribution is 4.99. The normalized spacial score (nSPS) is 34.4. The van der Waals surface area contributed by atoms with Gasteiger partial charge in [0.2, 0.25) is 0 Å². The molecule has 4 atom stereocenters. The topological polar surface area (TPSA) is 42.0 Å². The Kier molecular flexibility index (Phi) is 10.5. The summed E-state index contributed by atoms with van der Waals surface area (Å²) in [5.41, 5.74) is 0. The lowest BCUT2D eigenvalue weighted by molar-refractivity contribution is 0.0814. The lowest BCUT2D eigenvalue weighted by atomic mass is 10.0. The Morgan fingerprint density at radius 2 is 1.68 bits per heavy atom. The van der Waals surface area contributed by atoms with Gasteiger partial charge in [0.1, 0.15) is 0 Å². The number of hydrogen-bond donors (Lipinski definition) is 2. The number of nitrogens with one attached hydrogen (secondary N) is 1. The Balaban J connectivity index is 0.000000223. The molecule has 4 aliphatic rings. The number of piperazine rings is 1. The van der Waals surface area contributed by atoms with Gasteiger partial charge in [-0.3, -0.25) is 9.80 Å². The largest absolute Gasteiger partial charge is 0.392 e. The summed E-state index contributed by atoms with van der Waals surface area (Å²) in [6.45, 7) is 19.4. The third-order valence-corrected chi connectivity index (χ3v) is 5.77. The molecule has 4 rings (SSSR count). The fourth-order valence-electron chi connectivity index (χ4n) is 4.17. The van der Waals surface area contributed by atoms with Crippen LogP contribution >= 0.6 is 0 Å². The van der Waals surface area contributed by atoms with Crippen LogP contribution in [0.15, 0.2) is 0 Å². The van der Waals surface area contributed by atoms with Gasteiger partial charge >= 0.3 is 0 Å². The number of aliphatic hydroxyl groups is 1. The maximum absolute atomic E-state index is 9.52. The first-order valence-corrected chi connectivity index (χ1v) is 10.6. The van der Waals surface area contributed by atoms with Gasteiger partial charge in [-0.25, -0.2) is 0 Å². The zero-order valence-corrected chi connectivity index (χ0v) is 17.8. The average Bonchev–Trinajstić information content (AvgIpc) is 3.08. The molecule has 4 saturated heterocycles. The van der Waals surface area contributed by atoms with Crippen LogP contribution in [0, 0.1) is 0 Å². The predicted octanol–water partition coefficient (Wildman–Crippen LogP) is 1.86. The molecule has 4 heterocycles. The summed E-state index contributed by atoms with van der Waals surface area (Å²) < 4.78 is 0. The van der Waals surface area contributed by atoms with Crippen molar-refractivity contribution >= 4 is 0 Å². The van der Waals surface area contributed by atoms with E-state index in [0.29, 0.717) is 12.1 Å². The van der Waals surface area contributed by atoms with Gasteiger partial charge in [0.05, 0.1) is 6.10 Å². The summed E-state index contributed by atoms with van der Waals surface area (Å²) in [5, 5.41) is 12.9. The van der Waals surface area contributed by atoms with E-state index in [2.05, 4.69) is 40.9 Å². The van der Waals surface area contributed by atoms with Crippen LogP contribution in [-0.2, 0) is 0 Å². The average molecular weight is 357 g/mol. The van der Waals surface area contributed by atoms with E-state index in [9.17, 15) is 5.11 Å². The first-order chi connectivity index (χ1) is 12.0. The van der Waals surface area contributed by atoms with Crippen LogP contribution < -0.4 is 5.32 Å². The van der Waals surface area contributed by atoms with Gasteiger partial charge in [-0.05, 0) is 40.3 Å². The molecule has 5 nitrogen and oxygen atoms in total. The minimum atomic E-state index is -0.0721. The van der Waals surface area contributed by atoms with E-state index < -0.39 is 0 Å². The molecular weight excluding hydrogens is 312 g/mol. The highest BCUT2D eigenvalue weighted by Gasteiger charge is 2.38. The summed E-state index contributed by atoms with van der Waals surface area (Å²) in [5.74, 6) is 0. The Hall–Kier alpha value is -0.200. The summed E-state index contributed by atoms with van der Waals surface area (Å²) in [6.07, 6.45) is 2.27. The fraction of sp³-hybridized carbons (Fsp3) is 1.00. The van der Waals surface area contributed by atoms with E-state index in [1.807, 2.05) is 27.7 Å². The van der Waals surface area contributed by atoms with Crippen molar-refractivity contribution in [2.24, 2.45) is 0 Å². The van der Waals surface area contributed by atoms with Gasteiger partial charge in [-0.1, -0.05) is 27.7 Å². The second-order valence-electron chi connectivity index (χ2n) is 7.48.